The second kappa shape index (κ2) is 4.56. The van der Waals surface area contributed by atoms with Gasteiger partial charge in [-0.15, -0.1) is 10.2 Å². The third-order valence-corrected chi connectivity index (χ3v) is 3.13. The molecule has 2 heterocycles. The van der Waals surface area contributed by atoms with Gasteiger partial charge in [-0.1, -0.05) is 11.3 Å². The van der Waals surface area contributed by atoms with Crippen LogP contribution >= 0.6 is 11.3 Å². The minimum absolute atomic E-state index is 0.138. The van der Waals surface area contributed by atoms with Crippen molar-refractivity contribution in [1.82, 2.24) is 20.0 Å². The number of nitrogens with zero attached hydrogens (tertiary/aromatic N) is 4. The second-order valence-electron chi connectivity index (χ2n) is 3.72. The molecule has 0 saturated heterocycles. The Morgan fingerprint density at radius 3 is 2.61 bits per heavy atom. The average molecular weight is 277 g/mol. The molecule has 98 valence electrons. The lowest BCUT2D eigenvalue weighted by atomic mass is 10.2. The van der Waals surface area contributed by atoms with Gasteiger partial charge in [0, 0.05) is 18.8 Å². The maximum atomic E-state index is 12.3. The second-order valence-corrected chi connectivity index (χ2v) is 4.70. The van der Waals surface area contributed by atoms with Crippen molar-refractivity contribution < 1.29 is 13.2 Å². The zero-order valence-corrected chi connectivity index (χ0v) is 10.4. The van der Waals surface area contributed by atoms with Crippen LogP contribution in [0.5, 0.6) is 0 Å². The number of aromatic nitrogens is 4. The van der Waals surface area contributed by atoms with Crippen LogP contribution < -0.4 is 5.32 Å². The van der Waals surface area contributed by atoms with Crippen molar-refractivity contribution in [2.24, 2.45) is 7.05 Å². The van der Waals surface area contributed by atoms with E-state index < -0.39 is 11.2 Å². The highest BCUT2D eigenvalue weighted by atomic mass is 32.1. The molecule has 1 unspecified atom stereocenters. The van der Waals surface area contributed by atoms with E-state index in [1.807, 2.05) is 6.92 Å². The maximum Gasteiger partial charge on any atom is 0.445 e. The van der Waals surface area contributed by atoms with Gasteiger partial charge in [-0.3, -0.25) is 4.68 Å². The van der Waals surface area contributed by atoms with E-state index in [1.54, 1.807) is 24.1 Å². The fourth-order valence-electron chi connectivity index (χ4n) is 1.33. The molecule has 0 aliphatic carbocycles. The number of nitrogens with one attached hydrogen (secondary N) is 1. The molecular formula is C9H10F3N5S. The fraction of sp³-hybridized carbons (Fsp3) is 0.444. The molecule has 0 aliphatic rings. The molecule has 1 atom stereocenters. The first-order chi connectivity index (χ1) is 8.36. The van der Waals surface area contributed by atoms with E-state index in [9.17, 15) is 13.2 Å². The van der Waals surface area contributed by atoms with Crippen molar-refractivity contribution in [2.75, 3.05) is 5.32 Å². The SMILES string of the molecule is CC(Nc1nnc(C(F)(F)F)s1)c1cnn(C)c1. The molecule has 1 N–H and O–H groups in total. The summed E-state index contributed by atoms with van der Waals surface area (Å²) in [5.41, 5.74) is 0.862. The average Bonchev–Trinajstić information content (AvgIpc) is 2.85. The van der Waals surface area contributed by atoms with E-state index in [0.717, 1.165) is 5.56 Å². The summed E-state index contributed by atoms with van der Waals surface area (Å²) in [6.07, 6.45) is -1.03. The Kier molecular flexibility index (Phi) is 3.24. The highest BCUT2D eigenvalue weighted by Gasteiger charge is 2.35. The summed E-state index contributed by atoms with van der Waals surface area (Å²) in [5, 5.41) is 12.6. The largest absolute Gasteiger partial charge is 0.445 e. The minimum atomic E-state index is -4.45. The predicted octanol–water partition coefficient (Wildman–Crippen LogP) is 2.46. The number of hydrogen-bond donors (Lipinski definition) is 1. The molecule has 2 aromatic heterocycles. The molecule has 0 amide bonds. The molecule has 0 aliphatic heterocycles. The smallest absolute Gasteiger partial charge is 0.353 e. The Balaban J connectivity index is 2.08. The standard InChI is InChI=1S/C9H10F3N5S/c1-5(6-3-13-17(2)4-6)14-8-16-15-7(18-8)9(10,11)12/h3-5H,1-2H3,(H,14,16). The Morgan fingerprint density at radius 2 is 2.11 bits per heavy atom. The Morgan fingerprint density at radius 1 is 1.39 bits per heavy atom. The van der Waals surface area contributed by atoms with Crippen LogP contribution in [0.3, 0.4) is 0 Å². The normalized spacial score (nSPS) is 13.6. The molecule has 2 aromatic rings. The van der Waals surface area contributed by atoms with Crippen molar-refractivity contribution in [1.29, 1.82) is 0 Å². The Hall–Kier alpha value is -1.64. The third-order valence-electron chi connectivity index (χ3n) is 2.23. The minimum Gasteiger partial charge on any atom is -0.353 e. The maximum absolute atomic E-state index is 12.3. The van der Waals surface area contributed by atoms with Crippen molar-refractivity contribution in [2.45, 2.75) is 19.1 Å². The molecule has 0 bridgehead atoms. The molecule has 9 heteroatoms. The molecular weight excluding hydrogens is 267 g/mol. The highest BCUT2D eigenvalue weighted by Crippen LogP contribution is 2.33. The van der Waals surface area contributed by atoms with E-state index in [4.69, 9.17) is 0 Å². The van der Waals surface area contributed by atoms with Gasteiger partial charge < -0.3 is 5.32 Å². The molecule has 0 spiro atoms. The molecule has 0 aromatic carbocycles. The van der Waals surface area contributed by atoms with Gasteiger partial charge in [-0.05, 0) is 6.92 Å². The van der Waals surface area contributed by atoms with Crippen LogP contribution in [0.2, 0.25) is 0 Å². The molecule has 0 radical (unpaired) electrons. The predicted molar refractivity (Wildman–Crippen MR) is 60.2 cm³/mol. The molecule has 18 heavy (non-hydrogen) atoms. The molecule has 2 rings (SSSR count). The molecule has 0 fully saturated rings. The summed E-state index contributed by atoms with van der Waals surface area (Å²) >= 11 is 0.484. The number of aryl methyl sites for hydroxylation is 1. The number of alkyl halides is 3. The Bertz CT molecular complexity index is 532. The summed E-state index contributed by atoms with van der Waals surface area (Å²) in [5.74, 6) is 0. The molecule has 5 nitrogen and oxygen atoms in total. The van der Waals surface area contributed by atoms with Gasteiger partial charge in [0.2, 0.25) is 10.1 Å². The van der Waals surface area contributed by atoms with Crippen LogP contribution in [0.4, 0.5) is 18.3 Å². The summed E-state index contributed by atoms with van der Waals surface area (Å²) in [7, 11) is 1.77. The lowest BCUT2D eigenvalue weighted by Gasteiger charge is -2.09. The van der Waals surface area contributed by atoms with Crippen LogP contribution in [0.15, 0.2) is 12.4 Å². The number of hydrogen-bond acceptors (Lipinski definition) is 5. The summed E-state index contributed by atoms with van der Waals surface area (Å²) in [6.45, 7) is 1.81. The van der Waals surface area contributed by atoms with Crippen LogP contribution in [-0.2, 0) is 13.2 Å². The monoisotopic (exact) mass is 277 g/mol. The number of rotatable bonds is 3. The van der Waals surface area contributed by atoms with E-state index in [0.29, 0.717) is 11.3 Å². The number of anilines is 1. The first-order valence-electron chi connectivity index (χ1n) is 5.02. The quantitative estimate of drug-likeness (QED) is 0.936. The lowest BCUT2D eigenvalue weighted by Crippen LogP contribution is -2.05. The van der Waals surface area contributed by atoms with Crippen LogP contribution in [0.1, 0.15) is 23.5 Å². The van der Waals surface area contributed by atoms with Gasteiger partial charge in [-0.25, -0.2) is 0 Å². The topological polar surface area (TPSA) is 55.6 Å². The van der Waals surface area contributed by atoms with Crippen molar-refractivity contribution in [3.8, 4) is 0 Å². The van der Waals surface area contributed by atoms with Crippen LogP contribution in [-0.4, -0.2) is 20.0 Å². The third kappa shape index (κ3) is 2.78. The van der Waals surface area contributed by atoms with Crippen molar-refractivity contribution >= 4 is 16.5 Å². The van der Waals surface area contributed by atoms with E-state index in [-0.39, 0.29) is 11.2 Å². The van der Waals surface area contributed by atoms with Crippen molar-refractivity contribution in [3.05, 3.63) is 23.0 Å². The summed E-state index contributed by atoms with van der Waals surface area (Å²) in [6, 6.07) is -0.187. The Labute approximate surface area is 105 Å². The van der Waals surface area contributed by atoms with E-state index >= 15 is 0 Å². The van der Waals surface area contributed by atoms with Crippen LogP contribution in [0, 0.1) is 0 Å². The van der Waals surface area contributed by atoms with Crippen molar-refractivity contribution in [3.63, 3.8) is 0 Å². The van der Waals surface area contributed by atoms with Gasteiger partial charge in [0.25, 0.3) is 0 Å². The number of halogens is 3. The van der Waals surface area contributed by atoms with Crippen LogP contribution in [0.25, 0.3) is 0 Å². The zero-order valence-electron chi connectivity index (χ0n) is 9.56. The van der Waals surface area contributed by atoms with Gasteiger partial charge in [0.15, 0.2) is 0 Å². The van der Waals surface area contributed by atoms with Gasteiger partial charge in [-0.2, -0.15) is 18.3 Å². The van der Waals surface area contributed by atoms with E-state index in [2.05, 4.69) is 20.6 Å². The van der Waals surface area contributed by atoms with Gasteiger partial charge in [0.05, 0.1) is 12.2 Å². The fourth-order valence-corrected chi connectivity index (χ4v) is 2.03. The zero-order chi connectivity index (χ0) is 13.3. The first kappa shape index (κ1) is 12.8. The molecule has 0 saturated carbocycles. The van der Waals surface area contributed by atoms with E-state index in [1.165, 1.54) is 0 Å². The first-order valence-corrected chi connectivity index (χ1v) is 5.83. The highest BCUT2D eigenvalue weighted by molar-refractivity contribution is 7.15. The van der Waals surface area contributed by atoms with Gasteiger partial charge >= 0.3 is 6.18 Å². The van der Waals surface area contributed by atoms with Gasteiger partial charge in [0.1, 0.15) is 0 Å². The lowest BCUT2D eigenvalue weighted by molar-refractivity contribution is -0.138. The summed E-state index contributed by atoms with van der Waals surface area (Å²) < 4.78 is 38.6. The summed E-state index contributed by atoms with van der Waals surface area (Å²) in [4.78, 5) is 0.